The molecule has 0 N–H and O–H groups in total. The van der Waals surface area contributed by atoms with Gasteiger partial charge in [0.15, 0.2) is 0 Å². The fraction of sp³-hybridized carbons (Fsp3) is 0.455. The first-order valence-corrected chi connectivity index (χ1v) is 10.1. The zero-order chi connectivity index (χ0) is 20.8. The Balaban J connectivity index is 1.94. The van der Waals surface area contributed by atoms with Crippen molar-refractivity contribution in [2.75, 3.05) is 31.1 Å². The number of piperazine rings is 1. The molecule has 0 spiro atoms. The van der Waals surface area contributed by atoms with E-state index < -0.39 is 0 Å². The molecular weight excluding hydrogens is 369 g/mol. The smallest absolute Gasteiger partial charge is 0.222 e. The van der Waals surface area contributed by atoms with E-state index in [1.807, 2.05) is 18.7 Å². The molecule has 1 amide bonds. The first-order valence-electron chi connectivity index (χ1n) is 10.1. The van der Waals surface area contributed by atoms with Crippen LogP contribution in [0.2, 0.25) is 0 Å². The molecule has 1 fully saturated rings. The summed E-state index contributed by atoms with van der Waals surface area (Å²) in [6, 6.07) is 8.61. The number of benzene rings is 1. The maximum absolute atomic E-state index is 13.3. The van der Waals surface area contributed by atoms with Crippen molar-refractivity contribution >= 4 is 11.7 Å². The zero-order valence-electron chi connectivity index (χ0n) is 17.0. The number of nitrogens with zero attached hydrogens (tertiary/aromatic N) is 5. The number of hydrogen-bond acceptors (Lipinski definition) is 5. The lowest BCUT2D eigenvalue weighted by molar-refractivity contribution is -0.131. The van der Waals surface area contributed by atoms with Crippen LogP contribution in [0.3, 0.4) is 0 Å². The number of nitriles is 1. The second-order valence-corrected chi connectivity index (χ2v) is 7.10. The Labute approximate surface area is 171 Å². The lowest BCUT2D eigenvalue weighted by atomic mass is 10.0. The highest BCUT2D eigenvalue weighted by molar-refractivity contribution is 5.76. The molecular formula is C22H26FN5O. The van der Waals surface area contributed by atoms with Gasteiger partial charge in [0, 0.05) is 50.3 Å². The van der Waals surface area contributed by atoms with Gasteiger partial charge in [-0.1, -0.05) is 26.0 Å². The molecule has 0 aliphatic carbocycles. The van der Waals surface area contributed by atoms with Crippen molar-refractivity contribution in [3.63, 3.8) is 0 Å². The molecule has 0 radical (unpaired) electrons. The number of aryl methyl sites for hydroxylation is 1. The van der Waals surface area contributed by atoms with E-state index in [1.165, 1.54) is 12.1 Å². The van der Waals surface area contributed by atoms with Crippen LogP contribution >= 0.6 is 0 Å². The van der Waals surface area contributed by atoms with E-state index in [-0.39, 0.29) is 18.1 Å². The molecule has 29 heavy (non-hydrogen) atoms. The van der Waals surface area contributed by atoms with Crippen LogP contribution in [-0.4, -0.2) is 47.0 Å². The summed E-state index contributed by atoms with van der Waals surface area (Å²) >= 11 is 0. The summed E-state index contributed by atoms with van der Waals surface area (Å²) in [5.41, 5.74) is 2.91. The van der Waals surface area contributed by atoms with Gasteiger partial charge in [-0.3, -0.25) is 4.79 Å². The van der Waals surface area contributed by atoms with Gasteiger partial charge >= 0.3 is 0 Å². The number of hydrogen-bond donors (Lipinski definition) is 0. The van der Waals surface area contributed by atoms with Crippen molar-refractivity contribution in [2.24, 2.45) is 0 Å². The minimum absolute atomic E-state index is 0.158. The van der Waals surface area contributed by atoms with E-state index in [4.69, 9.17) is 10.2 Å². The first-order chi connectivity index (χ1) is 14.0. The third-order valence-electron chi connectivity index (χ3n) is 5.22. The Morgan fingerprint density at radius 1 is 1.14 bits per heavy atom. The van der Waals surface area contributed by atoms with E-state index in [1.54, 1.807) is 12.1 Å². The lowest BCUT2D eigenvalue weighted by Crippen LogP contribution is -2.49. The van der Waals surface area contributed by atoms with Crippen molar-refractivity contribution in [1.82, 2.24) is 14.9 Å². The van der Waals surface area contributed by atoms with Crippen molar-refractivity contribution < 1.29 is 9.18 Å². The third kappa shape index (κ3) is 4.89. The lowest BCUT2D eigenvalue weighted by Gasteiger charge is -2.36. The predicted octanol–water partition coefficient (Wildman–Crippen LogP) is 2.89. The van der Waals surface area contributed by atoms with Gasteiger partial charge in [-0.2, -0.15) is 5.26 Å². The molecule has 1 saturated heterocycles. The molecule has 2 heterocycles. The number of rotatable bonds is 6. The summed E-state index contributed by atoms with van der Waals surface area (Å²) in [6.45, 7) is 6.60. The Kier molecular flexibility index (Phi) is 6.76. The van der Waals surface area contributed by atoms with Crippen LogP contribution in [-0.2, 0) is 24.1 Å². The summed E-state index contributed by atoms with van der Waals surface area (Å²) in [7, 11) is 0. The molecule has 0 atom stereocenters. The molecule has 3 rings (SSSR count). The summed E-state index contributed by atoms with van der Waals surface area (Å²) in [5, 5.41) is 9.11. The maximum atomic E-state index is 13.3. The highest BCUT2D eigenvalue weighted by Crippen LogP contribution is 2.26. The van der Waals surface area contributed by atoms with Gasteiger partial charge in [0.25, 0.3) is 0 Å². The van der Waals surface area contributed by atoms with Crippen molar-refractivity contribution in [3.8, 4) is 6.07 Å². The molecule has 0 unspecified atom stereocenters. The van der Waals surface area contributed by atoms with Gasteiger partial charge < -0.3 is 9.80 Å². The molecule has 0 saturated carbocycles. The quantitative estimate of drug-likeness (QED) is 0.752. The van der Waals surface area contributed by atoms with Gasteiger partial charge in [-0.25, -0.2) is 14.4 Å². The monoisotopic (exact) mass is 395 g/mol. The molecule has 152 valence electrons. The third-order valence-corrected chi connectivity index (χ3v) is 5.22. The number of carbonyl (C=O) groups is 1. The Morgan fingerprint density at radius 2 is 1.83 bits per heavy atom. The molecule has 1 aromatic heterocycles. The fourth-order valence-electron chi connectivity index (χ4n) is 3.65. The Hall–Kier alpha value is -3.01. The molecule has 1 aromatic carbocycles. The maximum Gasteiger partial charge on any atom is 0.222 e. The highest BCUT2D eigenvalue weighted by atomic mass is 19.1. The van der Waals surface area contributed by atoms with Gasteiger partial charge in [0.1, 0.15) is 17.5 Å². The number of anilines is 1. The zero-order valence-corrected chi connectivity index (χ0v) is 17.0. The van der Waals surface area contributed by atoms with Gasteiger partial charge in [-0.05, 0) is 24.1 Å². The predicted molar refractivity (Wildman–Crippen MR) is 109 cm³/mol. The first kappa shape index (κ1) is 20.7. The van der Waals surface area contributed by atoms with E-state index >= 15 is 0 Å². The van der Waals surface area contributed by atoms with Crippen LogP contribution in [0.1, 0.15) is 42.9 Å². The topological polar surface area (TPSA) is 73.1 Å². The molecule has 0 bridgehead atoms. The van der Waals surface area contributed by atoms with E-state index in [0.29, 0.717) is 44.8 Å². The van der Waals surface area contributed by atoms with Gasteiger partial charge in [0.05, 0.1) is 12.5 Å². The summed E-state index contributed by atoms with van der Waals surface area (Å²) in [5.74, 6) is 1.25. The number of amides is 1. The highest BCUT2D eigenvalue weighted by Gasteiger charge is 2.25. The summed E-state index contributed by atoms with van der Waals surface area (Å²) < 4.78 is 13.3. The van der Waals surface area contributed by atoms with Crippen molar-refractivity contribution in [1.29, 1.82) is 5.26 Å². The summed E-state index contributed by atoms with van der Waals surface area (Å²) in [4.78, 5) is 25.4. The second-order valence-electron chi connectivity index (χ2n) is 7.10. The number of aromatic nitrogens is 2. The van der Waals surface area contributed by atoms with Crippen LogP contribution in [0.4, 0.5) is 10.2 Å². The minimum atomic E-state index is -0.262. The van der Waals surface area contributed by atoms with E-state index in [9.17, 15) is 9.18 Å². The summed E-state index contributed by atoms with van der Waals surface area (Å²) in [6.07, 6.45) is 1.99. The molecule has 1 aliphatic rings. The van der Waals surface area contributed by atoms with Crippen molar-refractivity contribution in [3.05, 3.63) is 52.7 Å². The Morgan fingerprint density at radius 3 is 2.41 bits per heavy atom. The van der Waals surface area contributed by atoms with Crippen LogP contribution < -0.4 is 4.90 Å². The molecule has 1 aliphatic heterocycles. The average Bonchev–Trinajstić information content (AvgIpc) is 2.75. The molecule has 2 aromatic rings. The molecule has 6 nitrogen and oxygen atoms in total. The van der Waals surface area contributed by atoms with Crippen LogP contribution in [0.15, 0.2) is 24.3 Å². The van der Waals surface area contributed by atoms with Crippen molar-refractivity contribution in [2.45, 2.75) is 39.5 Å². The Bertz CT molecular complexity index is 899. The van der Waals surface area contributed by atoms with Crippen LogP contribution in [0.25, 0.3) is 0 Å². The molecule has 7 heteroatoms. The van der Waals surface area contributed by atoms with Gasteiger partial charge in [-0.15, -0.1) is 0 Å². The largest absolute Gasteiger partial charge is 0.353 e. The normalized spacial score (nSPS) is 14.0. The van der Waals surface area contributed by atoms with Gasteiger partial charge in [0.2, 0.25) is 5.91 Å². The average molecular weight is 395 g/mol. The standard InChI is InChI=1S/C22H26FN5O/c1-3-19-18(15-16-5-7-17(23)8-6-16)22(26-20(25-19)9-10-24)28-13-11-27(12-14-28)21(29)4-2/h5-8H,3-4,9,11-15H2,1-2H3. The fourth-order valence-corrected chi connectivity index (χ4v) is 3.65. The minimum Gasteiger partial charge on any atom is -0.353 e. The van der Waals surface area contributed by atoms with E-state index in [0.717, 1.165) is 29.1 Å². The number of carbonyl (C=O) groups excluding carboxylic acids is 1. The van der Waals surface area contributed by atoms with Crippen LogP contribution in [0.5, 0.6) is 0 Å². The number of halogens is 1. The second kappa shape index (κ2) is 9.46. The SMILES string of the molecule is CCC(=O)N1CCN(c2nc(CC#N)nc(CC)c2Cc2ccc(F)cc2)CC1. The van der Waals surface area contributed by atoms with Crippen LogP contribution in [0, 0.1) is 17.1 Å². The van der Waals surface area contributed by atoms with E-state index in [2.05, 4.69) is 16.0 Å².